The molecule has 0 amide bonds. The molecule has 5 heteroatoms. The van der Waals surface area contributed by atoms with Crippen LogP contribution in [0.4, 0.5) is 5.82 Å². The molecule has 1 rings (SSSR count). The van der Waals surface area contributed by atoms with Crippen molar-refractivity contribution in [1.82, 2.24) is 14.9 Å². The number of likely N-dealkylation sites (N-methyl/N-ethyl adjacent to an activating group) is 1. The monoisotopic (exact) mass is 251 g/mol. The summed E-state index contributed by atoms with van der Waals surface area (Å²) in [6.07, 6.45) is 3.54. The molecule has 0 unspecified atom stereocenters. The predicted octanol–water partition coefficient (Wildman–Crippen LogP) is 0.959. The van der Waals surface area contributed by atoms with Gasteiger partial charge in [0.15, 0.2) is 0 Å². The molecule has 0 aliphatic heterocycles. The molecule has 1 aromatic heterocycles. The van der Waals surface area contributed by atoms with Gasteiger partial charge in [0.1, 0.15) is 5.82 Å². The number of rotatable bonds is 7. The molecular weight excluding hydrogens is 226 g/mol. The van der Waals surface area contributed by atoms with Crippen LogP contribution in [0.5, 0.6) is 0 Å². The van der Waals surface area contributed by atoms with E-state index in [1.165, 1.54) is 0 Å². The van der Waals surface area contributed by atoms with E-state index in [1.807, 2.05) is 6.20 Å². The zero-order valence-corrected chi connectivity index (χ0v) is 11.9. The average molecular weight is 251 g/mol. The predicted molar refractivity (Wildman–Crippen MR) is 75.5 cm³/mol. The molecule has 18 heavy (non-hydrogen) atoms. The highest BCUT2D eigenvalue weighted by molar-refractivity contribution is 5.36. The Hall–Kier alpha value is -1.20. The van der Waals surface area contributed by atoms with E-state index in [4.69, 9.17) is 5.73 Å². The lowest BCUT2D eigenvalue weighted by Gasteiger charge is -2.27. The lowest BCUT2D eigenvalue weighted by molar-refractivity contribution is 0.408. The van der Waals surface area contributed by atoms with Crippen molar-refractivity contribution in [1.29, 1.82) is 0 Å². The van der Waals surface area contributed by atoms with Gasteiger partial charge in [-0.25, -0.2) is 4.98 Å². The van der Waals surface area contributed by atoms with Gasteiger partial charge in [-0.15, -0.1) is 0 Å². The Bertz CT molecular complexity index is 351. The molecule has 0 saturated heterocycles. The van der Waals surface area contributed by atoms with Crippen LogP contribution in [0.15, 0.2) is 12.4 Å². The van der Waals surface area contributed by atoms with Crippen molar-refractivity contribution in [2.75, 3.05) is 38.6 Å². The largest absolute Gasteiger partial charge is 0.354 e. The molecule has 0 spiro atoms. The molecule has 0 radical (unpaired) electrons. The molecule has 0 bridgehead atoms. The molecule has 5 nitrogen and oxygen atoms in total. The van der Waals surface area contributed by atoms with E-state index in [0.717, 1.165) is 31.1 Å². The maximum absolute atomic E-state index is 5.61. The molecular formula is C13H25N5. The van der Waals surface area contributed by atoms with Gasteiger partial charge in [0.2, 0.25) is 0 Å². The first-order chi connectivity index (χ1) is 8.52. The van der Waals surface area contributed by atoms with E-state index in [9.17, 15) is 0 Å². The lowest BCUT2D eigenvalue weighted by Crippen LogP contribution is -2.35. The number of hydrogen-bond donors (Lipinski definition) is 1. The van der Waals surface area contributed by atoms with Crippen LogP contribution >= 0.6 is 0 Å². The summed E-state index contributed by atoms with van der Waals surface area (Å²) < 4.78 is 0. The molecule has 0 fully saturated rings. The van der Waals surface area contributed by atoms with Gasteiger partial charge in [0.05, 0.1) is 11.9 Å². The standard InChI is InChI=1S/C13H25N5/c1-11(2)10-18(6-5-17(3)4)13-9-15-8-12(7-14)16-13/h8-9,11H,5-7,10,14H2,1-4H3. The van der Waals surface area contributed by atoms with Crippen molar-refractivity contribution in [3.05, 3.63) is 18.1 Å². The first kappa shape index (κ1) is 14.9. The van der Waals surface area contributed by atoms with Gasteiger partial charge in [-0.2, -0.15) is 0 Å². The Morgan fingerprint density at radius 3 is 2.50 bits per heavy atom. The van der Waals surface area contributed by atoms with Gasteiger partial charge in [-0.1, -0.05) is 13.8 Å². The third kappa shape index (κ3) is 4.98. The first-order valence-corrected chi connectivity index (χ1v) is 6.43. The quantitative estimate of drug-likeness (QED) is 0.782. The van der Waals surface area contributed by atoms with E-state index in [0.29, 0.717) is 12.5 Å². The molecule has 0 aliphatic rings. The second kappa shape index (κ2) is 7.28. The maximum Gasteiger partial charge on any atom is 0.147 e. The number of anilines is 1. The van der Waals surface area contributed by atoms with Gasteiger partial charge in [0.25, 0.3) is 0 Å². The number of nitrogens with zero attached hydrogens (tertiary/aromatic N) is 4. The summed E-state index contributed by atoms with van der Waals surface area (Å²) in [5.74, 6) is 1.52. The van der Waals surface area contributed by atoms with Crippen molar-refractivity contribution in [2.24, 2.45) is 11.7 Å². The molecule has 1 heterocycles. The lowest BCUT2D eigenvalue weighted by atomic mass is 10.2. The van der Waals surface area contributed by atoms with Crippen molar-refractivity contribution in [3.8, 4) is 0 Å². The van der Waals surface area contributed by atoms with Crippen LogP contribution in [0, 0.1) is 5.92 Å². The van der Waals surface area contributed by atoms with E-state index < -0.39 is 0 Å². The van der Waals surface area contributed by atoms with Crippen LogP contribution < -0.4 is 10.6 Å². The Morgan fingerprint density at radius 2 is 1.94 bits per heavy atom. The van der Waals surface area contributed by atoms with E-state index in [2.05, 4.69) is 47.7 Å². The highest BCUT2D eigenvalue weighted by Gasteiger charge is 2.11. The Labute approximate surface area is 110 Å². The van der Waals surface area contributed by atoms with Crippen LogP contribution in [-0.4, -0.2) is 48.6 Å². The smallest absolute Gasteiger partial charge is 0.147 e. The van der Waals surface area contributed by atoms with Crippen LogP contribution in [0.1, 0.15) is 19.5 Å². The summed E-state index contributed by atoms with van der Waals surface area (Å²) in [4.78, 5) is 13.2. The normalized spacial score (nSPS) is 11.3. The molecule has 0 aliphatic carbocycles. The van der Waals surface area contributed by atoms with Gasteiger partial charge in [0, 0.05) is 32.4 Å². The van der Waals surface area contributed by atoms with Gasteiger partial charge in [-0.05, 0) is 20.0 Å². The summed E-state index contributed by atoms with van der Waals surface area (Å²) in [6.45, 7) is 7.79. The maximum atomic E-state index is 5.61. The second-order valence-corrected chi connectivity index (χ2v) is 5.22. The molecule has 1 aromatic rings. The Balaban J connectivity index is 2.79. The first-order valence-electron chi connectivity index (χ1n) is 6.43. The SMILES string of the molecule is CC(C)CN(CCN(C)C)c1cncc(CN)n1. The molecule has 102 valence electrons. The zero-order valence-electron chi connectivity index (χ0n) is 11.9. The third-order valence-electron chi connectivity index (χ3n) is 2.61. The van der Waals surface area contributed by atoms with Crippen molar-refractivity contribution < 1.29 is 0 Å². The minimum atomic E-state index is 0.435. The summed E-state index contributed by atoms with van der Waals surface area (Å²) in [6, 6.07) is 0. The van der Waals surface area contributed by atoms with Crippen LogP contribution in [0.2, 0.25) is 0 Å². The number of aromatic nitrogens is 2. The van der Waals surface area contributed by atoms with Crippen LogP contribution in [0.25, 0.3) is 0 Å². The van der Waals surface area contributed by atoms with Gasteiger partial charge >= 0.3 is 0 Å². The minimum absolute atomic E-state index is 0.435. The van der Waals surface area contributed by atoms with Crippen molar-refractivity contribution >= 4 is 5.82 Å². The Kier molecular flexibility index (Phi) is 6.01. The van der Waals surface area contributed by atoms with Crippen molar-refractivity contribution in [2.45, 2.75) is 20.4 Å². The van der Waals surface area contributed by atoms with Crippen molar-refractivity contribution in [3.63, 3.8) is 0 Å². The molecule has 0 aromatic carbocycles. The highest BCUT2D eigenvalue weighted by atomic mass is 15.2. The molecule has 2 N–H and O–H groups in total. The summed E-state index contributed by atoms with van der Waals surface area (Å²) in [5.41, 5.74) is 6.45. The summed E-state index contributed by atoms with van der Waals surface area (Å²) >= 11 is 0. The topological polar surface area (TPSA) is 58.3 Å². The fourth-order valence-electron chi connectivity index (χ4n) is 1.71. The fourth-order valence-corrected chi connectivity index (χ4v) is 1.71. The van der Waals surface area contributed by atoms with Crippen LogP contribution in [-0.2, 0) is 6.54 Å². The molecule has 0 atom stereocenters. The zero-order chi connectivity index (χ0) is 13.5. The van der Waals surface area contributed by atoms with Gasteiger partial charge < -0.3 is 15.5 Å². The molecule has 0 saturated carbocycles. The number of hydrogen-bond acceptors (Lipinski definition) is 5. The minimum Gasteiger partial charge on any atom is -0.354 e. The number of nitrogens with two attached hydrogens (primary N) is 1. The fraction of sp³-hybridized carbons (Fsp3) is 0.692. The van der Waals surface area contributed by atoms with E-state index >= 15 is 0 Å². The average Bonchev–Trinajstić information content (AvgIpc) is 2.34. The second-order valence-electron chi connectivity index (χ2n) is 5.22. The van der Waals surface area contributed by atoms with Gasteiger partial charge in [-0.3, -0.25) is 4.98 Å². The van der Waals surface area contributed by atoms with E-state index in [-0.39, 0.29) is 0 Å². The summed E-state index contributed by atoms with van der Waals surface area (Å²) in [7, 11) is 4.16. The van der Waals surface area contributed by atoms with E-state index in [1.54, 1.807) is 6.20 Å². The van der Waals surface area contributed by atoms with Crippen LogP contribution in [0.3, 0.4) is 0 Å². The highest BCUT2D eigenvalue weighted by Crippen LogP contribution is 2.12. The third-order valence-corrected chi connectivity index (χ3v) is 2.61. The summed E-state index contributed by atoms with van der Waals surface area (Å²) in [5, 5.41) is 0. The Morgan fingerprint density at radius 1 is 1.22 bits per heavy atom.